The van der Waals surface area contributed by atoms with Crippen LogP contribution in [-0.2, 0) is 30.5 Å². The molecule has 0 fully saturated rings. The van der Waals surface area contributed by atoms with Crippen LogP contribution in [-0.4, -0.2) is 43.4 Å². The smallest absolute Gasteiger partial charge is 0.307 e. The summed E-state index contributed by atoms with van der Waals surface area (Å²) in [5.41, 5.74) is 2.75. The van der Waals surface area contributed by atoms with Gasteiger partial charge in [0, 0.05) is 17.4 Å². The van der Waals surface area contributed by atoms with Gasteiger partial charge in [0.15, 0.2) is 0 Å². The van der Waals surface area contributed by atoms with Crippen LogP contribution >= 0.6 is 0 Å². The van der Waals surface area contributed by atoms with Gasteiger partial charge in [0.25, 0.3) is 0 Å². The lowest BCUT2D eigenvalue weighted by Crippen LogP contribution is -2.48. The molecule has 0 saturated carbocycles. The molecule has 0 aliphatic carbocycles. The first-order valence-electron chi connectivity index (χ1n) is 14.7. The SMILES string of the molecule is COc1ccc(N(C(=O)CN2C(=O)C(CC(=O)OCc3ccccc3)C(=O)N(c3ccccc3)c3ccccc32)C(C)C)cc1. The first kappa shape index (κ1) is 31.0. The van der Waals surface area contributed by atoms with Gasteiger partial charge in [0.1, 0.15) is 24.8 Å². The van der Waals surface area contributed by atoms with Gasteiger partial charge in [0.2, 0.25) is 17.7 Å². The Morgan fingerprint density at radius 3 is 2.00 bits per heavy atom. The van der Waals surface area contributed by atoms with Gasteiger partial charge in [-0.25, -0.2) is 0 Å². The third kappa shape index (κ3) is 6.88. The largest absolute Gasteiger partial charge is 0.497 e. The molecule has 4 aromatic carbocycles. The van der Waals surface area contributed by atoms with E-state index in [1.54, 1.807) is 84.8 Å². The monoisotopic (exact) mass is 605 g/mol. The van der Waals surface area contributed by atoms with E-state index in [0.717, 1.165) is 5.56 Å². The fraction of sp³-hybridized carbons (Fsp3) is 0.222. The quantitative estimate of drug-likeness (QED) is 0.165. The second-order valence-electron chi connectivity index (χ2n) is 10.9. The summed E-state index contributed by atoms with van der Waals surface area (Å²) in [6.45, 7) is 3.41. The van der Waals surface area contributed by atoms with Crippen LogP contribution in [0.1, 0.15) is 25.8 Å². The van der Waals surface area contributed by atoms with Crippen molar-refractivity contribution in [2.75, 3.05) is 28.4 Å². The first-order chi connectivity index (χ1) is 21.8. The molecule has 0 radical (unpaired) electrons. The van der Waals surface area contributed by atoms with Crippen LogP contribution in [0.3, 0.4) is 0 Å². The normalized spacial score (nSPS) is 14.5. The zero-order valence-electron chi connectivity index (χ0n) is 25.5. The van der Waals surface area contributed by atoms with Crippen LogP contribution in [0.5, 0.6) is 5.75 Å². The molecule has 1 aliphatic rings. The molecule has 0 spiro atoms. The van der Waals surface area contributed by atoms with Crippen molar-refractivity contribution < 1.29 is 28.7 Å². The molecule has 3 amide bonds. The number of para-hydroxylation sites is 3. The fourth-order valence-corrected chi connectivity index (χ4v) is 5.40. The molecule has 1 unspecified atom stereocenters. The zero-order valence-corrected chi connectivity index (χ0v) is 25.5. The molecule has 0 bridgehead atoms. The summed E-state index contributed by atoms with van der Waals surface area (Å²) in [4.78, 5) is 60.1. The van der Waals surface area contributed by atoms with E-state index in [-0.39, 0.29) is 25.1 Å². The van der Waals surface area contributed by atoms with E-state index >= 15 is 0 Å². The second kappa shape index (κ2) is 13.9. The maximum atomic E-state index is 14.3. The standard InChI is InChI=1S/C36H35N3O6/c1-25(2)38(28-18-20-29(44-3)21-19-28)33(40)23-37-31-16-10-11-17-32(31)39(27-14-8-5-9-15-27)36(43)30(35(37)42)22-34(41)45-24-26-12-6-4-7-13-26/h4-21,25,30H,22-24H2,1-3H3. The van der Waals surface area contributed by atoms with E-state index in [1.807, 2.05) is 50.2 Å². The Kier molecular flexibility index (Phi) is 9.57. The van der Waals surface area contributed by atoms with Crippen LogP contribution in [0.4, 0.5) is 22.7 Å². The Labute approximate surface area is 262 Å². The van der Waals surface area contributed by atoms with E-state index in [9.17, 15) is 19.2 Å². The molecule has 1 atom stereocenters. The van der Waals surface area contributed by atoms with Crippen molar-refractivity contribution in [3.63, 3.8) is 0 Å². The summed E-state index contributed by atoms with van der Waals surface area (Å²) in [7, 11) is 1.57. The molecule has 1 aliphatic heterocycles. The average molecular weight is 606 g/mol. The van der Waals surface area contributed by atoms with Crippen molar-refractivity contribution in [3.8, 4) is 5.75 Å². The van der Waals surface area contributed by atoms with Gasteiger partial charge in [0.05, 0.1) is 24.9 Å². The van der Waals surface area contributed by atoms with E-state index in [2.05, 4.69) is 0 Å². The molecule has 0 aromatic heterocycles. The minimum absolute atomic E-state index is 0.00477. The van der Waals surface area contributed by atoms with Crippen LogP contribution in [0.15, 0.2) is 109 Å². The number of esters is 1. The third-order valence-corrected chi connectivity index (χ3v) is 7.55. The Bertz CT molecular complexity index is 1660. The summed E-state index contributed by atoms with van der Waals surface area (Å²) in [6, 6.07) is 31.9. The van der Waals surface area contributed by atoms with E-state index in [4.69, 9.17) is 9.47 Å². The Morgan fingerprint density at radius 1 is 0.778 bits per heavy atom. The first-order valence-corrected chi connectivity index (χ1v) is 14.7. The van der Waals surface area contributed by atoms with Crippen LogP contribution in [0.2, 0.25) is 0 Å². The molecule has 9 heteroatoms. The number of carbonyl (C=O) groups excluding carboxylic acids is 4. The fourth-order valence-electron chi connectivity index (χ4n) is 5.40. The van der Waals surface area contributed by atoms with Gasteiger partial charge in [-0.2, -0.15) is 0 Å². The predicted octanol–water partition coefficient (Wildman–Crippen LogP) is 5.90. The summed E-state index contributed by atoms with van der Waals surface area (Å²) in [5, 5.41) is 0. The van der Waals surface area contributed by atoms with Crippen molar-refractivity contribution in [1.29, 1.82) is 0 Å². The maximum Gasteiger partial charge on any atom is 0.307 e. The van der Waals surface area contributed by atoms with E-state index < -0.39 is 30.1 Å². The molecule has 5 rings (SSSR count). The zero-order chi connectivity index (χ0) is 31.9. The maximum absolute atomic E-state index is 14.3. The Morgan fingerprint density at radius 2 is 1.38 bits per heavy atom. The summed E-state index contributed by atoms with van der Waals surface area (Å²) < 4.78 is 10.8. The van der Waals surface area contributed by atoms with Gasteiger partial charge in [-0.1, -0.05) is 60.7 Å². The molecular formula is C36H35N3O6. The number of carbonyl (C=O) groups is 4. The highest BCUT2D eigenvalue weighted by Crippen LogP contribution is 2.40. The summed E-state index contributed by atoms with van der Waals surface area (Å²) in [6.07, 6.45) is -0.487. The molecule has 4 aromatic rings. The lowest BCUT2D eigenvalue weighted by atomic mass is 10.0. The molecule has 9 nitrogen and oxygen atoms in total. The highest BCUT2D eigenvalue weighted by Gasteiger charge is 2.43. The van der Waals surface area contributed by atoms with Gasteiger partial charge in [-0.3, -0.25) is 24.1 Å². The summed E-state index contributed by atoms with van der Waals surface area (Å²) in [5.74, 6) is -3.08. The second-order valence-corrected chi connectivity index (χ2v) is 10.9. The minimum Gasteiger partial charge on any atom is -0.497 e. The van der Waals surface area contributed by atoms with Crippen molar-refractivity contribution in [2.24, 2.45) is 5.92 Å². The van der Waals surface area contributed by atoms with Gasteiger partial charge >= 0.3 is 5.97 Å². The molecule has 1 heterocycles. The van der Waals surface area contributed by atoms with Gasteiger partial charge in [-0.15, -0.1) is 0 Å². The number of hydrogen-bond donors (Lipinski definition) is 0. The topological polar surface area (TPSA) is 96.5 Å². The molecular weight excluding hydrogens is 570 g/mol. The number of anilines is 4. The minimum atomic E-state index is -1.43. The van der Waals surface area contributed by atoms with Crippen LogP contribution in [0, 0.1) is 5.92 Å². The molecule has 0 saturated heterocycles. The van der Waals surface area contributed by atoms with E-state index in [0.29, 0.717) is 28.5 Å². The number of methoxy groups -OCH3 is 1. The number of rotatable bonds is 10. The third-order valence-electron chi connectivity index (χ3n) is 7.55. The number of hydrogen-bond acceptors (Lipinski definition) is 6. The number of benzene rings is 4. The van der Waals surface area contributed by atoms with Crippen LogP contribution in [0.25, 0.3) is 0 Å². The highest BCUT2D eigenvalue weighted by atomic mass is 16.5. The predicted molar refractivity (Wildman–Crippen MR) is 172 cm³/mol. The number of nitrogens with zero attached hydrogens (tertiary/aromatic N) is 3. The van der Waals surface area contributed by atoms with Crippen molar-refractivity contribution >= 4 is 46.4 Å². The highest BCUT2D eigenvalue weighted by molar-refractivity contribution is 6.22. The lowest BCUT2D eigenvalue weighted by molar-refractivity contribution is -0.150. The number of ether oxygens (including phenoxy) is 2. The van der Waals surface area contributed by atoms with E-state index in [1.165, 1.54) is 9.80 Å². The molecule has 230 valence electrons. The van der Waals surface area contributed by atoms with Crippen LogP contribution < -0.4 is 19.4 Å². The number of fused-ring (bicyclic) bond motifs is 1. The molecule has 0 N–H and O–H groups in total. The van der Waals surface area contributed by atoms with Crippen molar-refractivity contribution in [2.45, 2.75) is 32.9 Å². The van der Waals surface area contributed by atoms with Crippen molar-refractivity contribution in [1.82, 2.24) is 0 Å². The number of amides is 3. The summed E-state index contributed by atoms with van der Waals surface area (Å²) >= 11 is 0. The van der Waals surface area contributed by atoms with Crippen molar-refractivity contribution in [3.05, 3.63) is 115 Å². The Balaban J connectivity index is 1.51. The van der Waals surface area contributed by atoms with Gasteiger partial charge in [-0.05, 0) is 67.9 Å². The Hall–Kier alpha value is -5.44. The average Bonchev–Trinajstić information content (AvgIpc) is 3.14. The van der Waals surface area contributed by atoms with Gasteiger partial charge < -0.3 is 19.3 Å². The molecule has 45 heavy (non-hydrogen) atoms. The lowest BCUT2D eigenvalue weighted by Gasteiger charge is -2.31.